The fraction of sp³-hybridized carbons (Fsp3) is 0.500. The molecule has 0 bridgehead atoms. The predicted octanol–water partition coefficient (Wildman–Crippen LogP) is 0.768. The summed E-state index contributed by atoms with van der Waals surface area (Å²) in [6, 6.07) is 0. The molecule has 3 heterocycles. The molecule has 0 aliphatic carbocycles. The fourth-order valence-corrected chi connectivity index (χ4v) is 2.97. The van der Waals surface area contributed by atoms with Gasteiger partial charge in [0.1, 0.15) is 0 Å². The van der Waals surface area contributed by atoms with E-state index in [4.69, 9.17) is 0 Å². The third-order valence-electron chi connectivity index (χ3n) is 3.46. The number of nitrogens with zero attached hydrogens (tertiary/aromatic N) is 3. The number of rotatable bonds is 4. The average molecular weight is 294 g/mol. The number of aryl methyl sites for hydroxylation is 1. The Labute approximate surface area is 118 Å². The molecule has 0 radical (unpaired) electrons. The van der Waals surface area contributed by atoms with Crippen LogP contribution in [0.15, 0.2) is 20.2 Å². The van der Waals surface area contributed by atoms with Gasteiger partial charge in [-0.3, -0.25) is 14.3 Å². The minimum Gasteiger partial charge on any atom is -0.342 e. The number of carbonyl (C=O) groups is 1. The highest BCUT2D eigenvalue weighted by atomic mass is 32.1. The van der Waals surface area contributed by atoms with Crippen LogP contribution in [0.5, 0.6) is 0 Å². The molecule has 106 valence electrons. The van der Waals surface area contributed by atoms with Crippen molar-refractivity contribution in [3.8, 4) is 0 Å². The third-order valence-corrected chi connectivity index (χ3v) is 4.10. The van der Waals surface area contributed by atoms with Crippen molar-refractivity contribution in [3.05, 3.63) is 33.0 Å². The Kier molecular flexibility index (Phi) is 3.64. The molecule has 0 spiro atoms. The van der Waals surface area contributed by atoms with Gasteiger partial charge in [0.05, 0.1) is 11.2 Å². The van der Waals surface area contributed by atoms with Crippen LogP contribution in [0.2, 0.25) is 0 Å². The molecule has 3 rings (SSSR count). The fourth-order valence-electron chi connectivity index (χ4n) is 2.38. The summed E-state index contributed by atoms with van der Waals surface area (Å²) < 4.78 is 4.50. The van der Waals surface area contributed by atoms with Gasteiger partial charge in [-0.1, -0.05) is 5.16 Å². The quantitative estimate of drug-likeness (QED) is 0.899. The molecular weight excluding hydrogens is 280 g/mol. The smallest absolute Gasteiger partial charge is 0.342 e. The maximum Gasteiger partial charge on any atom is 0.438 e. The van der Waals surface area contributed by atoms with Gasteiger partial charge >= 0.3 is 5.76 Å². The molecule has 8 heteroatoms. The van der Waals surface area contributed by atoms with E-state index in [2.05, 4.69) is 19.6 Å². The third kappa shape index (κ3) is 2.79. The molecule has 7 nitrogen and oxygen atoms in total. The lowest BCUT2D eigenvalue weighted by Gasteiger charge is -2.15. The van der Waals surface area contributed by atoms with Gasteiger partial charge in [-0.25, -0.2) is 9.78 Å². The Morgan fingerprint density at radius 1 is 1.60 bits per heavy atom. The van der Waals surface area contributed by atoms with Crippen LogP contribution in [0, 0.1) is 0 Å². The highest BCUT2D eigenvalue weighted by Crippen LogP contribution is 2.24. The van der Waals surface area contributed by atoms with Crippen LogP contribution < -0.4 is 5.76 Å². The molecule has 2 aromatic heterocycles. The summed E-state index contributed by atoms with van der Waals surface area (Å²) in [6.45, 7) is 1.27. The minimum absolute atomic E-state index is 0.0599. The van der Waals surface area contributed by atoms with Crippen LogP contribution in [0.1, 0.15) is 30.3 Å². The first-order valence-corrected chi connectivity index (χ1v) is 7.37. The zero-order chi connectivity index (χ0) is 13.9. The minimum atomic E-state index is -0.548. The Morgan fingerprint density at radius 2 is 2.50 bits per heavy atom. The molecule has 0 saturated carbocycles. The number of thiazole rings is 1. The van der Waals surface area contributed by atoms with Crippen LogP contribution in [-0.2, 0) is 11.2 Å². The lowest BCUT2D eigenvalue weighted by molar-refractivity contribution is -0.130. The summed E-state index contributed by atoms with van der Waals surface area (Å²) >= 11 is 1.54. The van der Waals surface area contributed by atoms with Crippen molar-refractivity contribution in [2.24, 2.45) is 0 Å². The maximum atomic E-state index is 12.1. The van der Waals surface area contributed by atoms with E-state index in [1.807, 2.05) is 10.3 Å². The van der Waals surface area contributed by atoms with Crippen LogP contribution in [-0.4, -0.2) is 39.0 Å². The number of hydrogen-bond donors (Lipinski definition) is 1. The zero-order valence-corrected chi connectivity index (χ0v) is 11.6. The molecule has 20 heavy (non-hydrogen) atoms. The molecular formula is C12H14N4O3S. The van der Waals surface area contributed by atoms with Gasteiger partial charge in [-0.2, -0.15) is 0 Å². The van der Waals surface area contributed by atoms with Gasteiger partial charge in [-0.05, 0) is 12.8 Å². The zero-order valence-electron chi connectivity index (χ0n) is 10.7. The van der Waals surface area contributed by atoms with Crippen molar-refractivity contribution >= 4 is 17.2 Å². The van der Waals surface area contributed by atoms with Gasteiger partial charge in [-0.15, -0.1) is 11.3 Å². The summed E-state index contributed by atoms with van der Waals surface area (Å²) in [5.74, 6) is 0.161. The molecule has 2 aromatic rings. The van der Waals surface area contributed by atoms with Crippen LogP contribution in [0.4, 0.5) is 0 Å². The molecule has 1 atom stereocenters. The number of hydrogen-bond acceptors (Lipinski definition) is 6. The second-order valence-electron chi connectivity index (χ2n) is 4.79. The maximum absolute atomic E-state index is 12.1. The summed E-state index contributed by atoms with van der Waals surface area (Å²) in [5.41, 5.74) is 2.73. The summed E-state index contributed by atoms with van der Waals surface area (Å²) in [6.07, 6.45) is 1.93. The molecule has 1 unspecified atom stereocenters. The summed E-state index contributed by atoms with van der Waals surface area (Å²) in [7, 11) is 0. The first-order chi connectivity index (χ1) is 9.72. The summed E-state index contributed by atoms with van der Waals surface area (Å²) in [4.78, 5) is 31.6. The van der Waals surface area contributed by atoms with Gasteiger partial charge in [0.15, 0.2) is 5.82 Å². The number of amides is 1. The van der Waals surface area contributed by atoms with Crippen LogP contribution >= 0.6 is 11.3 Å². The number of aromatic nitrogens is 3. The van der Waals surface area contributed by atoms with Gasteiger partial charge in [0, 0.05) is 30.8 Å². The van der Waals surface area contributed by atoms with Crippen molar-refractivity contribution in [2.45, 2.75) is 25.2 Å². The standard InChI is InChI=1S/C12H14N4O3S/c17-10(2-1-9-6-20-7-13-9)16-4-3-8(5-16)11-14-12(18)19-15-11/h6-8H,1-5H2,(H,14,15,18). The summed E-state index contributed by atoms with van der Waals surface area (Å²) in [5, 5.41) is 5.65. The lowest BCUT2D eigenvalue weighted by atomic mass is 10.1. The van der Waals surface area contributed by atoms with E-state index in [1.54, 1.807) is 5.51 Å². The Balaban J connectivity index is 1.54. The second-order valence-corrected chi connectivity index (χ2v) is 5.50. The van der Waals surface area contributed by atoms with Crippen molar-refractivity contribution in [1.82, 2.24) is 20.0 Å². The molecule has 0 aromatic carbocycles. The van der Waals surface area contributed by atoms with E-state index in [0.29, 0.717) is 31.8 Å². The van der Waals surface area contributed by atoms with E-state index in [-0.39, 0.29) is 11.8 Å². The lowest BCUT2D eigenvalue weighted by Crippen LogP contribution is -2.28. The van der Waals surface area contributed by atoms with Crippen molar-refractivity contribution in [3.63, 3.8) is 0 Å². The molecule has 1 saturated heterocycles. The van der Waals surface area contributed by atoms with E-state index >= 15 is 0 Å². The monoisotopic (exact) mass is 294 g/mol. The van der Waals surface area contributed by atoms with Crippen molar-refractivity contribution < 1.29 is 9.32 Å². The van der Waals surface area contributed by atoms with Crippen molar-refractivity contribution in [2.75, 3.05) is 13.1 Å². The van der Waals surface area contributed by atoms with E-state index in [9.17, 15) is 9.59 Å². The van der Waals surface area contributed by atoms with Gasteiger partial charge in [0.2, 0.25) is 5.91 Å². The Bertz CT molecular complexity index is 633. The van der Waals surface area contributed by atoms with Gasteiger partial charge in [0.25, 0.3) is 0 Å². The number of nitrogens with one attached hydrogen (secondary N) is 1. The SMILES string of the molecule is O=C(CCc1cscn1)N1CCC(c2noc(=O)[nH]2)C1. The molecule has 1 aliphatic rings. The molecule has 1 amide bonds. The number of aromatic amines is 1. The van der Waals surface area contributed by atoms with E-state index in [0.717, 1.165) is 12.1 Å². The first kappa shape index (κ1) is 13.0. The van der Waals surface area contributed by atoms with Gasteiger partial charge < -0.3 is 4.90 Å². The predicted molar refractivity (Wildman–Crippen MR) is 71.5 cm³/mol. The second kappa shape index (κ2) is 5.58. The molecule has 1 N–H and O–H groups in total. The number of H-pyrrole nitrogens is 1. The average Bonchev–Trinajstić information content (AvgIpc) is 3.16. The molecule has 1 fully saturated rings. The van der Waals surface area contributed by atoms with E-state index < -0.39 is 5.76 Å². The topological polar surface area (TPSA) is 92.1 Å². The highest BCUT2D eigenvalue weighted by Gasteiger charge is 2.29. The number of carbonyl (C=O) groups excluding carboxylic acids is 1. The Morgan fingerprint density at radius 3 is 3.20 bits per heavy atom. The van der Waals surface area contributed by atoms with Crippen molar-refractivity contribution in [1.29, 1.82) is 0 Å². The first-order valence-electron chi connectivity index (χ1n) is 6.43. The normalized spacial score (nSPS) is 18.6. The number of likely N-dealkylation sites (tertiary alicyclic amines) is 1. The van der Waals surface area contributed by atoms with Crippen LogP contribution in [0.25, 0.3) is 0 Å². The largest absolute Gasteiger partial charge is 0.438 e. The van der Waals surface area contributed by atoms with E-state index in [1.165, 1.54) is 11.3 Å². The highest BCUT2D eigenvalue weighted by molar-refractivity contribution is 7.07. The van der Waals surface area contributed by atoms with Crippen LogP contribution in [0.3, 0.4) is 0 Å². The Hall–Kier alpha value is -1.96. The molecule has 1 aliphatic heterocycles.